The largest absolute Gasteiger partial charge is 0.398 e. The standard InChI is InChI=1S/C13H13BrClN3O/c1-2-5-18-12(10(15)7-17-18)13(19)9-6-8(14)3-4-11(9)16/h3-4,6-7H,2,5,16H2,1H3. The monoisotopic (exact) mass is 341 g/mol. The Bertz CT molecular complexity index is 624. The summed E-state index contributed by atoms with van der Waals surface area (Å²) in [6, 6.07) is 5.17. The van der Waals surface area contributed by atoms with Gasteiger partial charge in [-0.3, -0.25) is 9.48 Å². The summed E-state index contributed by atoms with van der Waals surface area (Å²) in [6.45, 7) is 2.65. The molecule has 0 aliphatic carbocycles. The molecular formula is C13H13BrClN3O. The van der Waals surface area contributed by atoms with Gasteiger partial charge in [-0.15, -0.1) is 0 Å². The molecule has 0 saturated heterocycles. The van der Waals surface area contributed by atoms with E-state index in [9.17, 15) is 4.79 Å². The minimum Gasteiger partial charge on any atom is -0.398 e. The fourth-order valence-electron chi connectivity index (χ4n) is 1.82. The van der Waals surface area contributed by atoms with Gasteiger partial charge in [0.05, 0.1) is 11.2 Å². The van der Waals surface area contributed by atoms with Gasteiger partial charge in [0, 0.05) is 22.3 Å². The minimum atomic E-state index is -0.213. The third kappa shape index (κ3) is 2.82. The number of hydrogen-bond donors (Lipinski definition) is 1. The number of aryl methyl sites for hydroxylation is 1. The summed E-state index contributed by atoms with van der Waals surface area (Å²) in [5.74, 6) is -0.213. The van der Waals surface area contributed by atoms with Crippen molar-refractivity contribution in [1.82, 2.24) is 9.78 Å². The van der Waals surface area contributed by atoms with Crippen molar-refractivity contribution in [2.75, 3.05) is 5.73 Å². The number of hydrogen-bond acceptors (Lipinski definition) is 3. The van der Waals surface area contributed by atoms with E-state index in [0.717, 1.165) is 10.9 Å². The van der Waals surface area contributed by atoms with Crippen LogP contribution in [0.4, 0.5) is 5.69 Å². The van der Waals surface area contributed by atoms with E-state index in [1.165, 1.54) is 6.20 Å². The average Bonchev–Trinajstić information content (AvgIpc) is 2.73. The Hall–Kier alpha value is -1.33. The summed E-state index contributed by atoms with van der Waals surface area (Å²) in [5, 5.41) is 4.46. The van der Waals surface area contributed by atoms with Crippen LogP contribution in [0.2, 0.25) is 5.02 Å². The van der Waals surface area contributed by atoms with Crippen LogP contribution in [0, 0.1) is 0 Å². The van der Waals surface area contributed by atoms with Gasteiger partial charge in [0.15, 0.2) is 0 Å². The van der Waals surface area contributed by atoms with Crippen molar-refractivity contribution in [1.29, 1.82) is 0 Å². The first-order valence-corrected chi connectivity index (χ1v) is 7.02. The zero-order valence-electron chi connectivity index (χ0n) is 10.4. The van der Waals surface area contributed by atoms with E-state index in [4.69, 9.17) is 17.3 Å². The van der Waals surface area contributed by atoms with Gasteiger partial charge >= 0.3 is 0 Å². The predicted molar refractivity (Wildman–Crippen MR) is 79.5 cm³/mol. The Morgan fingerprint density at radius 1 is 1.53 bits per heavy atom. The van der Waals surface area contributed by atoms with Crippen molar-refractivity contribution in [3.63, 3.8) is 0 Å². The Kier molecular flexibility index (Phi) is 4.27. The van der Waals surface area contributed by atoms with Gasteiger partial charge < -0.3 is 5.73 Å². The van der Waals surface area contributed by atoms with Crippen molar-refractivity contribution in [3.8, 4) is 0 Å². The van der Waals surface area contributed by atoms with Crippen molar-refractivity contribution in [2.45, 2.75) is 19.9 Å². The maximum absolute atomic E-state index is 12.6. The van der Waals surface area contributed by atoms with Crippen molar-refractivity contribution < 1.29 is 4.79 Å². The van der Waals surface area contributed by atoms with Crippen LogP contribution in [0.15, 0.2) is 28.9 Å². The lowest BCUT2D eigenvalue weighted by molar-refractivity contribution is 0.102. The van der Waals surface area contributed by atoms with E-state index >= 15 is 0 Å². The molecule has 6 heteroatoms. The SMILES string of the molecule is CCCn1ncc(Cl)c1C(=O)c1cc(Br)ccc1N. The normalized spacial score (nSPS) is 10.7. The van der Waals surface area contributed by atoms with E-state index in [-0.39, 0.29) is 5.78 Å². The summed E-state index contributed by atoms with van der Waals surface area (Å²) in [6.07, 6.45) is 2.35. The lowest BCUT2D eigenvalue weighted by Crippen LogP contribution is -2.13. The second-order valence-electron chi connectivity index (χ2n) is 4.12. The fraction of sp³-hybridized carbons (Fsp3) is 0.231. The number of carbonyl (C=O) groups is 1. The second kappa shape index (κ2) is 5.75. The molecule has 100 valence electrons. The molecule has 1 heterocycles. The van der Waals surface area contributed by atoms with Crippen LogP contribution in [0.25, 0.3) is 0 Å². The number of ketones is 1. The van der Waals surface area contributed by atoms with Gasteiger partial charge in [-0.2, -0.15) is 5.10 Å². The van der Waals surface area contributed by atoms with E-state index in [0.29, 0.717) is 28.5 Å². The topological polar surface area (TPSA) is 60.9 Å². The molecule has 2 rings (SSSR count). The molecule has 0 atom stereocenters. The molecule has 0 bridgehead atoms. The predicted octanol–water partition coefficient (Wildman–Crippen LogP) is 3.52. The average molecular weight is 343 g/mol. The highest BCUT2D eigenvalue weighted by atomic mass is 79.9. The molecule has 0 radical (unpaired) electrons. The fourth-order valence-corrected chi connectivity index (χ4v) is 2.41. The smallest absolute Gasteiger partial charge is 0.214 e. The van der Waals surface area contributed by atoms with E-state index in [1.54, 1.807) is 22.9 Å². The van der Waals surface area contributed by atoms with Crippen LogP contribution < -0.4 is 5.73 Å². The third-order valence-electron chi connectivity index (χ3n) is 2.71. The quantitative estimate of drug-likeness (QED) is 0.683. The molecule has 1 aromatic heterocycles. The Labute approximate surface area is 124 Å². The van der Waals surface area contributed by atoms with Crippen molar-refractivity contribution in [3.05, 3.63) is 45.1 Å². The summed E-state index contributed by atoms with van der Waals surface area (Å²) in [4.78, 5) is 12.6. The first-order chi connectivity index (χ1) is 9.04. The molecule has 0 aliphatic heterocycles. The van der Waals surface area contributed by atoms with E-state index in [1.807, 2.05) is 6.92 Å². The number of nitrogens with two attached hydrogens (primary N) is 1. The summed E-state index contributed by atoms with van der Waals surface area (Å²) >= 11 is 9.39. The number of halogens is 2. The summed E-state index contributed by atoms with van der Waals surface area (Å²) < 4.78 is 2.41. The van der Waals surface area contributed by atoms with Crippen LogP contribution in [0.1, 0.15) is 29.4 Å². The summed E-state index contributed by atoms with van der Waals surface area (Å²) in [7, 11) is 0. The summed E-state index contributed by atoms with van der Waals surface area (Å²) in [5.41, 5.74) is 7.09. The first kappa shape index (κ1) is 14.1. The van der Waals surface area contributed by atoms with Crippen molar-refractivity contribution in [2.24, 2.45) is 0 Å². The highest BCUT2D eigenvalue weighted by Gasteiger charge is 2.21. The molecule has 4 nitrogen and oxygen atoms in total. The Morgan fingerprint density at radius 2 is 2.26 bits per heavy atom. The van der Waals surface area contributed by atoms with Gasteiger partial charge in [0.2, 0.25) is 5.78 Å². The lowest BCUT2D eigenvalue weighted by Gasteiger charge is -2.08. The van der Waals surface area contributed by atoms with Gasteiger partial charge in [-0.25, -0.2) is 0 Å². The van der Waals surface area contributed by atoms with Gasteiger partial charge in [-0.05, 0) is 24.6 Å². The molecule has 0 aliphatic rings. The molecule has 2 aromatic rings. The minimum absolute atomic E-state index is 0.213. The third-order valence-corrected chi connectivity index (χ3v) is 3.48. The van der Waals surface area contributed by atoms with Gasteiger partial charge in [0.25, 0.3) is 0 Å². The highest BCUT2D eigenvalue weighted by molar-refractivity contribution is 9.10. The molecule has 0 unspecified atom stereocenters. The molecule has 0 spiro atoms. The first-order valence-electron chi connectivity index (χ1n) is 5.85. The number of nitrogen functional groups attached to an aromatic ring is 1. The van der Waals surface area contributed by atoms with Crippen LogP contribution >= 0.6 is 27.5 Å². The molecule has 0 saturated carbocycles. The van der Waals surface area contributed by atoms with Crippen LogP contribution in [0.3, 0.4) is 0 Å². The number of rotatable bonds is 4. The Morgan fingerprint density at radius 3 is 2.95 bits per heavy atom. The number of anilines is 1. The molecule has 0 amide bonds. The maximum Gasteiger partial charge on any atom is 0.214 e. The molecule has 1 aromatic carbocycles. The maximum atomic E-state index is 12.6. The van der Waals surface area contributed by atoms with Crippen LogP contribution in [-0.2, 0) is 6.54 Å². The zero-order valence-corrected chi connectivity index (χ0v) is 12.7. The number of benzene rings is 1. The highest BCUT2D eigenvalue weighted by Crippen LogP contribution is 2.25. The Balaban J connectivity index is 2.49. The molecular weight excluding hydrogens is 330 g/mol. The number of nitrogens with zero attached hydrogens (tertiary/aromatic N) is 2. The van der Waals surface area contributed by atoms with Crippen molar-refractivity contribution >= 4 is 39.0 Å². The van der Waals surface area contributed by atoms with Crippen LogP contribution in [-0.4, -0.2) is 15.6 Å². The zero-order chi connectivity index (χ0) is 14.0. The molecule has 19 heavy (non-hydrogen) atoms. The molecule has 0 fully saturated rings. The van der Waals surface area contributed by atoms with Gasteiger partial charge in [-0.1, -0.05) is 34.5 Å². The second-order valence-corrected chi connectivity index (χ2v) is 5.45. The van der Waals surface area contributed by atoms with Gasteiger partial charge in [0.1, 0.15) is 5.69 Å². The number of carbonyl (C=O) groups excluding carboxylic acids is 1. The number of aromatic nitrogens is 2. The van der Waals surface area contributed by atoms with E-state index < -0.39 is 0 Å². The molecule has 2 N–H and O–H groups in total. The van der Waals surface area contributed by atoms with Crippen LogP contribution in [0.5, 0.6) is 0 Å². The van der Waals surface area contributed by atoms with E-state index in [2.05, 4.69) is 21.0 Å². The lowest BCUT2D eigenvalue weighted by atomic mass is 10.1.